The van der Waals surface area contributed by atoms with Crippen LogP contribution in [0.5, 0.6) is 0 Å². The molecular formula is C17H25NO. The maximum atomic E-state index is 9.68. The van der Waals surface area contributed by atoms with Gasteiger partial charge in [-0.15, -0.1) is 0 Å². The van der Waals surface area contributed by atoms with Gasteiger partial charge >= 0.3 is 0 Å². The first-order chi connectivity index (χ1) is 9.31. The van der Waals surface area contributed by atoms with Crippen molar-refractivity contribution < 1.29 is 5.11 Å². The predicted octanol–water partition coefficient (Wildman–Crippen LogP) is 3.07. The molecule has 2 aliphatic carbocycles. The molecule has 0 aromatic heterocycles. The summed E-state index contributed by atoms with van der Waals surface area (Å²) in [6.07, 6.45) is 7.01. The topological polar surface area (TPSA) is 32.3 Å². The van der Waals surface area contributed by atoms with E-state index >= 15 is 0 Å². The zero-order valence-corrected chi connectivity index (χ0v) is 11.6. The Morgan fingerprint density at radius 3 is 2.58 bits per heavy atom. The Morgan fingerprint density at radius 1 is 1.05 bits per heavy atom. The van der Waals surface area contributed by atoms with Crippen LogP contribution >= 0.6 is 0 Å². The molecule has 2 nitrogen and oxygen atoms in total. The highest BCUT2D eigenvalue weighted by molar-refractivity contribution is 5.22. The Bertz CT molecular complexity index is 386. The maximum Gasteiger partial charge on any atom is 0.0543 e. The van der Waals surface area contributed by atoms with Crippen LogP contribution < -0.4 is 5.32 Å². The zero-order valence-electron chi connectivity index (χ0n) is 11.6. The lowest BCUT2D eigenvalue weighted by Gasteiger charge is -2.38. The van der Waals surface area contributed by atoms with Crippen LogP contribution in [0.1, 0.15) is 50.0 Å². The van der Waals surface area contributed by atoms with Gasteiger partial charge in [0.25, 0.3) is 0 Å². The molecule has 0 spiro atoms. The molecule has 0 bridgehead atoms. The van der Waals surface area contributed by atoms with E-state index in [1.54, 1.807) is 0 Å². The van der Waals surface area contributed by atoms with Crippen LogP contribution in [0.3, 0.4) is 0 Å². The van der Waals surface area contributed by atoms with Gasteiger partial charge in [0.2, 0.25) is 0 Å². The summed E-state index contributed by atoms with van der Waals surface area (Å²) in [7, 11) is 0. The van der Waals surface area contributed by atoms with Crippen molar-refractivity contribution in [1.82, 2.24) is 5.32 Å². The highest BCUT2D eigenvalue weighted by Crippen LogP contribution is 2.37. The second-order valence-electron chi connectivity index (χ2n) is 6.37. The Kier molecular flexibility index (Phi) is 4.19. The van der Waals surface area contributed by atoms with E-state index in [0.717, 1.165) is 25.3 Å². The van der Waals surface area contributed by atoms with Crippen molar-refractivity contribution >= 4 is 0 Å². The lowest BCUT2D eigenvalue weighted by Crippen LogP contribution is -2.43. The molecule has 2 N–H and O–H groups in total. The van der Waals surface area contributed by atoms with Gasteiger partial charge in [0.05, 0.1) is 6.10 Å². The lowest BCUT2D eigenvalue weighted by atomic mass is 9.75. The van der Waals surface area contributed by atoms with Crippen LogP contribution in [-0.2, 0) is 0 Å². The minimum absolute atomic E-state index is 0.0426. The summed E-state index contributed by atoms with van der Waals surface area (Å²) >= 11 is 0. The van der Waals surface area contributed by atoms with E-state index in [2.05, 4.69) is 35.6 Å². The summed E-state index contributed by atoms with van der Waals surface area (Å²) in [5.74, 6) is 1.45. The summed E-state index contributed by atoms with van der Waals surface area (Å²) in [6, 6.07) is 11.6. The molecule has 3 rings (SSSR count). The van der Waals surface area contributed by atoms with Gasteiger partial charge in [-0.25, -0.2) is 0 Å². The van der Waals surface area contributed by atoms with Gasteiger partial charge in [-0.05, 0) is 56.0 Å². The molecule has 2 unspecified atom stereocenters. The minimum atomic E-state index is -0.0426. The van der Waals surface area contributed by atoms with Crippen molar-refractivity contribution in [2.75, 3.05) is 6.54 Å². The van der Waals surface area contributed by atoms with Crippen molar-refractivity contribution in [3.05, 3.63) is 35.9 Å². The zero-order chi connectivity index (χ0) is 13.1. The number of hydrogen-bond acceptors (Lipinski definition) is 2. The normalized spacial score (nSPS) is 34.8. The minimum Gasteiger partial charge on any atom is -0.393 e. The fraction of sp³-hybridized carbons (Fsp3) is 0.647. The van der Waals surface area contributed by atoms with E-state index in [4.69, 9.17) is 0 Å². The van der Waals surface area contributed by atoms with Crippen LogP contribution in [0, 0.1) is 5.92 Å². The molecule has 2 saturated carbocycles. The fourth-order valence-electron chi connectivity index (χ4n) is 3.56. The Hall–Kier alpha value is -0.860. The first kappa shape index (κ1) is 13.1. The first-order valence-corrected chi connectivity index (χ1v) is 7.77. The Balaban J connectivity index is 1.38. The SMILES string of the molecule is OC1CCCC(CNC2CC(c3ccccc3)C2)C1. The number of benzene rings is 1. The van der Waals surface area contributed by atoms with Gasteiger partial charge in [0.1, 0.15) is 0 Å². The maximum absolute atomic E-state index is 9.68. The highest BCUT2D eigenvalue weighted by Gasteiger charge is 2.30. The molecule has 2 aliphatic rings. The quantitative estimate of drug-likeness (QED) is 0.871. The molecule has 0 aliphatic heterocycles. The lowest BCUT2D eigenvalue weighted by molar-refractivity contribution is 0.0976. The van der Waals surface area contributed by atoms with E-state index in [0.29, 0.717) is 12.0 Å². The molecule has 2 atom stereocenters. The van der Waals surface area contributed by atoms with Gasteiger partial charge < -0.3 is 10.4 Å². The van der Waals surface area contributed by atoms with E-state index < -0.39 is 0 Å². The molecular weight excluding hydrogens is 234 g/mol. The molecule has 0 radical (unpaired) electrons. The van der Waals surface area contributed by atoms with E-state index in [1.807, 2.05) is 0 Å². The van der Waals surface area contributed by atoms with E-state index in [9.17, 15) is 5.11 Å². The third kappa shape index (κ3) is 3.37. The summed E-state index contributed by atoms with van der Waals surface area (Å²) in [5.41, 5.74) is 1.49. The second kappa shape index (κ2) is 6.06. The highest BCUT2D eigenvalue weighted by atomic mass is 16.3. The van der Waals surface area contributed by atoms with Crippen LogP contribution in [0.15, 0.2) is 30.3 Å². The first-order valence-electron chi connectivity index (χ1n) is 7.77. The summed E-state index contributed by atoms with van der Waals surface area (Å²) in [6.45, 7) is 1.10. The molecule has 2 heteroatoms. The summed E-state index contributed by atoms with van der Waals surface area (Å²) in [4.78, 5) is 0. The number of aliphatic hydroxyl groups is 1. The average molecular weight is 259 g/mol. The molecule has 0 heterocycles. The van der Waals surface area contributed by atoms with Gasteiger partial charge in [-0.1, -0.05) is 36.8 Å². The second-order valence-corrected chi connectivity index (χ2v) is 6.37. The van der Waals surface area contributed by atoms with Gasteiger partial charge in [0, 0.05) is 6.04 Å². The number of aliphatic hydroxyl groups excluding tert-OH is 1. The van der Waals surface area contributed by atoms with Gasteiger partial charge in [0.15, 0.2) is 0 Å². The van der Waals surface area contributed by atoms with Crippen molar-refractivity contribution in [1.29, 1.82) is 0 Å². The predicted molar refractivity (Wildman–Crippen MR) is 78.2 cm³/mol. The van der Waals surface area contributed by atoms with Crippen LogP contribution in [-0.4, -0.2) is 23.8 Å². The molecule has 1 aromatic rings. The molecule has 1 aromatic carbocycles. The molecule has 0 amide bonds. The summed E-state index contributed by atoms with van der Waals surface area (Å²) < 4.78 is 0. The van der Waals surface area contributed by atoms with Crippen molar-refractivity contribution in [3.63, 3.8) is 0 Å². The fourth-order valence-corrected chi connectivity index (χ4v) is 3.56. The van der Waals surface area contributed by atoms with E-state index in [-0.39, 0.29) is 6.10 Å². The monoisotopic (exact) mass is 259 g/mol. The van der Waals surface area contributed by atoms with Crippen LogP contribution in [0.25, 0.3) is 0 Å². The summed E-state index contributed by atoms with van der Waals surface area (Å²) in [5, 5.41) is 13.4. The Labute approximate surface area is 116 Å². The largest absolute Gasteiger partial charge is 0.393 e. The van der Waals surface area contributed by atoms with Crippen LogP contribution in [0.2, 0.25) is 0 Å². The van der Waals surface area contributed by atoms with Crippen molar-refractivity contribution in [2.24, 2.45) is 5.92 Å². The standard InChI is InChI=1S/C17H25NO/c19-17-8-4-5-13(9-17)12-18-16-10-15(11-16)14-6-2-1-3-7-14/h1-3,6-7,13,15-19H,4-5,8-12H2. The van der Waals surface area contributed by atoms with E-state index in [1.165, 1.54) is 31.2 Å². The van der Waals surface area contributed by atoms with Crippen LogP contribution in [0.4, 0.5) is 0 Å². The third-order valence-electron chi connectivity index (χ3n) is 4.86. The molecule has 2 fully saturated rings. The smallest absolute Gasteiger partial charge is 0.0543 e. The van der Waals surface area contributed by atoms with Gasteiger partial charge in [-0.3, -0.25) is 0 Å². The van der Waals surface area contributed by atoms with Crippen molar-refractivity contribution in [2.45, 2.75) is 56.6 Å². The molecule has 0 saturated heterocycles. The van der Waals surface area contributed by atoms with Gasteiger partial charge in [-0.2, -0.15) is 0 Å². The average Bonchev–Trinajstić information content (AvgIpc) is 2.38. The molecule has 104 valence electrons. The van der Waals surface area contributed by atoms with Crippen molar-refractivity contribution in [3.8, 4) is 0 Å². The number of rotatable bonds is 4. The number of nitrogens with one attached hydrogen (secondary N) is 1. The Morgan fingerprint density at radius 2 is 1.84 bits per heavy atom. The number of hydrogen-bond donors (Lipinski definition) is 2. The molecule has 19 heavy (non-hydrogen) atoms. The third-order valence-corrected chi connectivity index (χ3v) is 4.86.